The Balaban J connectivity index is 1.51. The van der Waals surface area contributed by atoms with E-state index in [9.17, 15) is 9.59 Å². The molecule has 1 aromatic carbocycles. The van der Waals surface area contributed by atoms with Crippen LogP contribution >= 0.6 is 23.1 Å². The van der Waals surface area contributed by atoms with Crippen molar-refractivity contribution in [1.29, 1.82) is 0 Å². The minimum absolute atomic E-state index is 0.0146. The van der Waals surface area contributed by atoms with Crippen LogP contribution in [-0.4, -0.2) is 50.3 Å². The summed E-state index contributed by atoms with van der Waals surface area (Å²) in [6.45, 7) is 2.56. The van der Waals surface area contributed by atoms with Gasteiger partial charge in [0.25, 0.3) is 0 Å². The zero-order valence-electron chi connectivity index (χ0n) is 13.7. The first-order chi connectivity index (χ1) is 11.5. The molecule has 0 spiro atoms. The van der Waals surface area contributed by atoms with Gasteiger partial charge in [0.1, 0.15) is 11.0 Å². The number of amides is 2. The van der Waals surface area contributed by atoms with Gasteiger partial charge >= 0.3 is 0 Å². The van der Waals surface area contributed by atoms with Gasteiger partial charge in [0.2, 0.25) is 11.8 Å². The van der Waals surface area contributed by atoms with E-state index in [0.717, 1.165) is 21.6 Å². The summed E-state index contributed by atoms with van der Waals surface area (Å²) in [6.07, 6.45) is 1.39. The largest absolute Gasteiger partial charge is 0.337 e. The fourth-order valence-electron chi connectivity index (χ4n) is 3.53. The maximum absolute atomic E-state index is 12.9. The van der Waals surface area contributed by atoms with Crippen LogP contribution in [0.25, 0.3) is 10.2 Å². The molecule has 5 nitrogen and oxygen atoms in total. The molecule has 3 heterocycles. The van der Waals surface area contributed by atoms with Gasteiger partial charge in [-0.25, -0.2) is 4.98 Å². The van der Waals surface area contributed by atoms with Crippen molar-refractivity contribution in [2.75, 3.05) is 12.8 Å². The summed E-state index contributed by atoms with van der Waals surface area (Å²) in [4.78, 5) is 33.0. The predicted molar refractivity (Wildman–Crippen MR) is 96.8 cm³/mol. The third-order valence-corrected chi connectivity index (χ3v) is 7.34. The minimum atomic E-state index is -0.339. The SMILES string of the molecule is CN(Cc1nc2ccccc2s1)C(=O)C1CSC2(C)CCC(=O)N12. The summed E-state index contributed by atoms with van der Waals surface area (Å²) in [6, 6.07) is 7.65. The van der Waals surface area contributed by atoms with E-state index in [4.69, 9.17) is 0 Å². The number of likely N-dealkylation sites (N-methyl/N-ethyl adjacent to an activating group) is 1. The molecular weight excluding hydrogens is 342 g/mol. The molecule has 0 N–H and O–H groups in total. The van der Waals surface area contributed by atoms with Crippen molar-refractivity contribution in [2.45, 2.75) is 37.2 Å². The topological polar surface area (TPSA) is 53.5 Å². The van der Waals surface area contributed by atoms with Crippen molar-refractivity contribution in [3.63, 3.8) is 0 Å². The lowest BCUT2D eigenvalue weighted by molar-refractivity contribution is -0.143. The molecule has 0 radical (unpaired) electrons. The molecule has 0 saturated carbocycles. The van der Waals surface area contributed by atoms with E-state index in [2.05, 4.69) is 11.9 Å². The fraction of sp³-hybridized carbons (Fsp3) is 0.471. The van der Waals surface area contributed by atoms with Crippen molar-refractivity contribution < 1.29 is 9.59 Å². The molecule has 7 heteroatoms. The molecule has 2 saturated heterocycles. The minimum Gasteiger partial charge on any atom is -0.337 e. The highest BCUT2D eigenvalue weighted by Gasteiger charge is 2.53. The van der Waals surface area contributed by atoms with Crippen LogP contribution in [0.15, 0.2) is 24.3 Å². The number of thiazole rings is 1. The molecule has 4 rings (SSSR count). The number of hydrogen-bond acceptors (Lipinski definition) is 5. The molecule has 2 unspecified atom stereocenters. The number of rotatable bonds is 3. The smallest absolute Gasteiger partial charge is 0.246 e. The van der Waals surface area contributed by atoms with Gasteiger partial charge in [0.15, 0.2) is 0 Å². The summed E-state index contributed by atoms with van der Waals surface area (Å²) >= 11 is 3.34. The van der Waals surface area contributed by atoms with Crippen molar-refractivity contribution in [2.24, 2.45) is 0 Å². The Morgan fingerprint density at radius 1 is 1.46 bits per heavy atom. The van der Waals surface area contributed by atoms with Crippen LogP contribution in [0.3, 0.4) is 0 Å². The third kappa shape index (κ3) is 2.50. The standard InChI is InChI=1S/C17H19N3O2S2/c1-17-8-7-15(21)20(17)12(10-23-17)16(22)19(2)9-14-18-11-5-3-4-6-13(11)24-14/h3-6,12H,7-10H2,1-2H3. The molecular formula is C17H19N3O2S2. The first-order valence-electron chi connectivity index (χ1n) is 8.03. The summed E-state index contributed by atoms with van der Waals surface area (Å²) in [7, 11) is 1.80. The number of hydrogen-bond donors (Lipinski definition) is 0. The van der Waals surface area contributed by atoms with Gasteiger partial charge in [-0.1, -0.05) is 12.1 Å². The third-order valence-electron chi connectivity index (χ3n) is 4.82. The van der Waals surface area contributed by atoms with Crippen molar-refractivity contribution in [3.05, 3.63) is 29.3 Å². The van der Waals surface area contributed by atoms with E-state index in [1.165, 1.54) is 0 Å². The van der Waals surface area contributed by atoms with E-state index in [1.54, 1.807) is 35.0 Å². The van der Waals surface area contributed by atoms with Crippen molar-refractivity contribution in [1.82, 2.24) is 14.8 Å². The molecule has 24 heavy (non-hydrogen) atoms. The van der Waals surface area contributed by atoms with Crippen LogP contribution in [0.1, 0.15) is 24.8 Å². The molecule has 0 bridgehead atoms. The van der Waals surface area contributed by atoms with Gasteiger partial charge in [-0.15, -0.1) is 23.1 Å². The second-order valence-electron chi connectivity index (χ2n) is 6.54. The highest BCUT2D eigenvalue weighted by molar-refractivity contribution is 8.01. The number of benzene rings is 1. The molecule has 2 amide bonds. The number of nitrogens with zero attached hydrogens (tertiary/aromatic N) is 3. The van der Waals surface area contributed by atoms with Gasteiger partial charge in [0, 0.05) is 19.2 Å². The van der Waals surface area contributed by atoms with Crippen LogP contribution in [0, 0.1) is 0 Å². The Hall–Kier alpha value is -1.60. The van der Waals surface area contributed by atoms with Gasteiger partial charge in [0.05, 0.1) is 21.6 Å². The zero-order chi connectivity index (χ0) is 16.9. The first kappa shape index (κ1) is 15.9. The molecule has 2 fully saturated rings. The Morgan fingerprint density at radius 3 is 3.04 bits per heavy atom. The molecule has 2 aliphatic heterocycles. The molecule has 0 aliphatic carbocycles. The van der Waals surface area contributed by atoms with Gasteiger partial charge in [-0.2, -0.15) is 0 Å². The zero-order valence-corrected chi connectivity index (χ0v) is 15.3. The Bertz CT molecular complexity index is 788. The monoisotopic (exact) mass is 361 g/mol. The van der Waals surface area contributed by atoms with Crippen LogP contribution in [-0.2, 0) is 16.1 Å². The molecule has 1 aromatic heterocycles. The summed E-state index contributed by atoms with van der Waals surface area (Å²) < 4.78 is 1.13. The van der Waals surface area contributed by atoms with Gasteiger partial charge < -0.3 is 9.80 Å². The quantitative estimate of drug-likeness (QED) is 0.843. The lowest BCUT2D eigenvalue weighted by Crippen LogP contribution is -2.50. The summed E-state index contributed by atoms with van der Waals surface area (Å²) in [5.41, 5.74) is 0.970. The lowest BCUT2D eigenvalue weighted by Gasteiger charge is -2.31. The van der Waals surface area contributed by atoms with Gasteiger partial charge in [-0.3, -0.25) is 9.59 Å². The highest BCUT2D eigenvalue weighted by Crippen LogP contribution is 2.47. The Kier molecular flexibility index (Phi) is 3.80. The van der Waals surface area contributed by atoms with Crippen molar-refractivity contribution >= 4 is 45.1 Å². The van der Waals surface area contributed by atoms with E-state index < -0.39 is 0 Å². The lowest BCUT2D eigenvalue weighted by atomic mass is 10.2. The van der Waals surface area contributed by atoms with E-state index in [-0.39, 0.29) is 22.7 Å². The van der Waals surface area contributed by atoms with Crippen LogP contribution < -0.4 is 0 Å². The van der Waals surface area contributed by atoms with Crippen LogP contribution in [0.2, 0.25) is 0 Å². The normalized spacial score (nSPS) is 26.2. The number of carbonyl (C=O) groups excluding carboxylic acids is 2. The molecule has 2 aromatic rings. The highest BCUT2D eigenvalue weighted by atomic mass is 32.2. The van der Waals surface area contributed by atoms with E-state index in [0.29, 0.717) is 18.7 Å². The Labute approximate surface area is 149 Å². The van der Waals surface area contributed by atoms with Crippen LogP contribution in [0.4, 0.5) is 0 Å². The van der Waals surface area contributed by atoms with Crippen molar-refractivity contribution in [3.8, 4) is 0 Å². The number of thioether (sulfide) groups is 1. The second kappa shape index (κ2) is 5.74. The maximum atomic E-state index is 12.9. The number of para-hydroxylation sites is 1. The van der Waals surface area contributed by atoms with E-state index in [1.807, 2.05) is 29.2 Å². The molecule has 126 valence electrons. The number of carbonyl (C=O) groups is 2. The van der Waals surface area contributed by atoms with Gasteiger partial charge in [-0.05, 0) is 25.5 Å². The second-order valence-corrected chi connectivity index (χ2v) is 9.15. The molecule has 2 atom stereocenters. The average Bonchev–Trinajstić information content (AvgIpc) is 3.20. The predicted octanol–water partition coefficient (Wildman–Crippen LogP) is 2.71. The van der Waals surface area contributed by atoms with E-state index >= 15 is 0 Å². The fourth-order valence-corrected chi connectivity index (χ4v) is 5.97. The Morgan fingerprint density at radius 2 is 2.25 bits per heavy atom. The maximum Gasteiger partial charge on any atom is 0.246 e. The molecule has 2 aliphatic rings. The number of fused-ring (bicyclic) bond motifs is 2. The summed E-state index contributed by atoms with van der Waals surface area (Å²) in [5.74, 6) is 0.806. The summed E-state index contributed by atoms with van der Waals surface area (Å²) in [5, 5.41) is 0.924. The van der Waals surface area contributed by atoms with Crippen LogP contribution in [0.5, 0.6) is 0 Å². The number of aromatic nitrogens is 1. The average molecular weight is 361 g/mol. The first-order valence-corrected chi connectivity index (χ1v) is 9.84.